The molecular formula is C26H27FN4O5. The summed E-state index contributed by atoms with van der Waals surface area (Å²) >= 11 is 0. The number of carbonyl (C=O) groups excluding carboxylic acids is 2. The van der Waals surface area contributed by atoms with Crippen LogP contribution >= 0.6 is 0 Å². The molecule has 5 rings (SSSR count). The molecule has 0 saturated carbocycles. The number of nitrogens with zero attached hydrogens (tertiary/aromatic N) is 3. The van der Waals surface area contributed by atoms with E-state index in [4.69, 9.17) is 4.74 Å². The number of methoxy groups -OCH3 is 1. The topological polar surface area (TPSA) is 93.1 Å². The number of rotatable bonds is 4. The van der Waals surface area contributed by atoms with E-state index in [1.165, 1.54) is 31.5 Å². The molecule has 1 fully saturated rings. The Morgan fingerprint density at radius 1 is 1.14 bits per heavy atom. The number of carbonyl (C=O) groups is 2. The number of anilines is 2. The summed E-state index contributed by atoms with van der Waals surface area (Å²) in [4.78, 5) is 42.3. The minimum atomic E-state index is -0.625. The lowest BCUT2D eigenvalue weighted by Crippen LogP contribution is -2.45. The molecule has 0 radical (unpaired) electrons. The van der Waals surface area contributed by atoms with Crippen LogP contribution in [0.1, 0.15) is 33.7 Å². The number of halogens is 1. The first-order valence-electron chi connectivity index (χ1n) is 11.8. The lowest BCUT2D eigenvalue weighted by Gasteiger charge is -2.37. The third kappa shape index (κ3) is 4.07. The molecule has 1 aromatic heterocycles. The molecule has 9 nitrogen and oxygen atoms in total. The highest BCUT2D eigenvalue weighted by molar-refractivity contribution is 6.07. The summed E-state index contributed by atoms with van der Waals surface area (Å²) in [6, 6.07) is 7.16. The molecule has 3 heterocycles. The zero-order valence-corrected chi connectivity index (χ0v) is 20.3. The molecule has 1 N–H and O–H groups in total. The number of nitrogens with one attached hydrogen (secondary N) is 1. The van der Waals surface area contributed by atoms with Crippen LogP contribution in [0.2, 0.25) is 0 Å². The minimum Gasteiger partial charge on any atom is -0.487 e. The van der Waals surface area contributed by atoms with Gasteiger partial charge in [-0.2, -0.15) is 0 Å². The Labute approximate surface area is 207 Å². The number of esters is 1. The number of ether oxygens (including phenoxy) is 2. The highest BCUT2D eigenvalue weighted by Gasteiger charge is 2.31. The van der Waals surface area contributed by atoms with Gasteiger partial charge in [-0.05, 0) is 44.3 Å². The van der Waals surface area contributed by atoms with Gasteiger partial charge in [0.05, 0.1) is 29.6 Å². The molecule has 1 amide bonds. The van der Waals surface area contributed by atoms with Gasteiger partial charge in [-0.15, -0.1) is 0 Å². The molecule has 0 aliphatic carbocycles. The highest BCUT2D eigenvalue weighted by atomic mass is 19.1. The first-order valence-corrected chi connectivity index (χ1v) is 11.8. The van der Waals surface area contributed by atoms with Crippen LogP contribution in [0.5, 0.6) is 5.75 Å². The second-order valence-electron chi connectivity index (χ2n) is 9.18. The van der Waals surface area contributed by atoms with Crippen LogP contribution < -0.4 is 20.4 Å². The van der Waals surface area contributed by atoms with Crippen molar-refractivity contribution < 1.29 is 23.5 Å². The molecule has 2 aliphatic rings. The standard InChI is InChI=1S/C26H27FN4O5/c1-15-14-36-24-21-18(12-20(27)22(24)30-10-8-29(2)9-11-30)23(32)19(13-31(15)21)25(33)28-17-6-4-16(5-7-17)26(34)35-3/h4-7,12-13,15H,8-11,14H2,1-3H3,(H,28,33)/t15-/m0/s1. The van der Waals surface area contributed by atoms with Gasteiger partial charge in [0.1, 0.15) is 17.9 Å². The summed E-state index contributed by atoms with van der Waals surface area (Å²) in [5.41, 5.74) is 0.906. The number of hydrogen-bond donors (Lipinski definition) is 1. The Morgan fingerprint density at radius 2 is 1.83 bits per heavy atom. The molecule has 3 aromatic rings. The summed E-state index contributed by atoms with van der Waals surface area (Å²) in [7, 11) is 3.31. The molecule has 1 atom stereocenters. The molecule has 0 bridgehead atoms. The van der Waals surface area contributed by atoms with Gasteiger partial charge < -0.3 is 29.2 Å². The number of benzene rings is 2. The Morgan fingerprint density at radius 3 is 2.50 bits per heavy atom. The Hall–Kier alpha value is -3.92. The van der Waals surface area contributed by atoms with E-state index in [2.05, 4.69) is 15.0 Å². The smallest absolute Gasteiger partial charge is 0.337 e. The Bertz CT molecular complexity index is 1410. The molecule has 1 saturated heterocycles. The van der Waals surface area contributed by atoms with Crippen LogP contribution in [0, 0.1) is 5.82 Å². The van der Waals surface area contributed by atoms with Crippen molar-refractivity contribution >= 4 is 34.2 Å². The Kier molecular flexibility index (Phi) is 6.13. The van der Waals surface area contributed by atoms with Crippen molar-refractivity contribution in [1.29, 1.82) is 0 Å². The average molecular weight is 495 g/mol. The van der Waals surface area contributed by atoms with Crippen LogP contribution in [0.15, 0.2) is 41.3 Å². The van der Waals surface area contributed by atoms with Crippen molar-refractivity contribution in [3.05, 3.63) is 63.7 Å². The van der Waals surface area contributed by atoms with Gasteiger partial charge >= 0.3 is 5.97 Å². The lowest BCUT2D eigenvalue weighted by molar-refractivity contribution is 0.0600. The van der Waals surface area contributed by atoms with Crippen LogP contribution in [-0.2, 0) is 4.74 Å². The lowest BCUT2D eigenvalue weighted by atomic mass is 10.0. The Balaban J connectivity index is 1.55. The van der Waals surface area contributed by atoms with Gasteiger partial charge in [0, 0.05) is 38.1 Å². The predicted octanol–water partition coefficient (Wildman–Crippen LogP) is 2.88. The minimum absolute atomic E-state index is 0.0978. The fourth-order valence-corrected chi connectivity index (χ4v) is 4.70. The number of likely N-dealkylation sites (N-methyl/N-ethyl adjacent to an activating group) is 1. The molecule has 188 valence electrons. The molecule has 10 heteroatoms. The molecule has 0 spiro atoms. The maximum Gasteiger partial charge on any atom is 0.337 e. The van der Waals surface area contributed by atoms with E-state index >= 15 is 4.39 Å². The second-order valence-corrected chi connectivity index (χ2v) is 9.18. The SMILES string of the molecule is COC(=O)c1ccc(NC(=O)c2cn3c4c(c(N5CCN(C)CC5)c(F)cc4c2=O)OC[C@@H]3C)cc1. The van der Waals surface area contributed by atoms with Gasteiger partial charge in [-0.1, -0.05) is 0 Å². The monoisotopic (exact) mass is 494 g/mol. The molecule has 36 heavy (non-hydrogen) atoms. The fourth-order valence-electron chi connectivity index (χ4n) is 4.70. The summed E-state index contributed by atoms with van der Waals surface area (Å²) in [5.74, 6) is -1.32. The second kappa shape index (κ2) is 9.27. The zero-order valence-electron chi connectivity index (χ0n) is 20.3. The number of amides is 1. The molecule has 2 aliphatic heterocycles. The van der Waals surface area contributed by atoms with Crippen molar-refractivity contribution in [2.45, 2.75) is 13.0 Å². The summed E-state index contributed by atoms with van der Waals surface area (Å²) < 4.78 is 28.0. The maximum atomic E-state index is 15.5. The van der Waals surface area contributed by atoms with E-state index in [-0.39, 0.29) is 23.6 Å². The zero-order chi connectivity index (χ0) is 25.6. The number of aromatic nitrogens is 1. The normalized spacial score (nSPS) is 17.6. The van der Waals surface area contributed by atoms with Crippen LogP contribution in [0.3, 0.4) is 0 Å². The number of pyridine rings is 1. The number of piperazine rings is 1. The molecular weight excluding hydrogens is 467 g/mol. The van der Waals surface area contributed by atoms with Crippen LogP contribution in [0.25, 0.3) is 10.9 Å². The van der Waals surface area contributed by atoms with Crippen LogP contribution in [0.4, 0.5) is 15.8 Å². The third-order valence-electron chi connectivity index (χ3n) is 6.77. The van der Waals surface area contributed by atoms with Crippen molar-refractivity contribution in [2.75, 3.05) is 57.2 Å². The van der Waals surface area contributed by atoms with Gasteiger partial charge in [-0.3, -0.25) is 9.59 Å². The van der Waals surface area contributed by atoms with E-state index in [9.17, 15) is 14.4 Å². The van der Waals surface area contributed by atoms with Gasteiger partial charge in [0.15, 0.2) is 11.6 Å². The first kappa shape index (κ1) is 23.8. The predicted molar refractivity (Wildman–Crippen MR) is 134 cm³/mol. The summed E-state index contributed by atoms with van der Waals surface area (Å²) in [6.45, 7) is 5.07. The van der Waals surface area contributed by atoms with Gasteiger partial charge in [0.25, 0.3) is 5.91 Å². The fraction of sp³-hybridized carbons (Fsp3) is 0.346. The highest BCUT2D eigenvalue weighted by Crippen LogP contribution is 2.42. The van der Waals surface area contributed by atoms with Gasteiger partial charge in [-0.25, -0.2) is 9.18 Å². The van der Waals surface area contributed by atoms with E-state index in [0.717, 1.165) is 13.1 Å². The van der Waals surface area contributed by atoms with Gasteiger partial charge in [0.2, 0.25) is 5.43 Å². The summed E-state index contributed by atoms with van der Waals surface area (Å²) in [6.07, 6.45) is 1.52. The van der Waals surface area contributed by atoms with Crippen LogP contribution in [-0.4, -0.2) is 68.3 Å². The summed E-state index contributed by atoms with van der Waals surface area (Å²) in [5, 5.41) is 2.78. The van der Waals surface area contributed by atoms with E-state index in [1.807, 2.05) is 23.4 Å². The average Bonchev–Trinajstić information content (AvgIpc) is 2.88. The quantitative estimate of drug-likeness (QED) is 0.558. The van der Waals surface area contributed by atoms with E-state index in [1.54, 1.807) is 12.1 Å². The van der Waals surface area contributed by atoms with E-state index in [0.29, 0.717) is 41.3 Å². The molecule has 2 aromatic carbocycles. The van der Waals surface area contributed by atoms with Crippen molar-refractivity contribution in [2.24, 2.45) is 0 Å². The maximum absolute atomic E-state index is 15.5. The molecule has 0 unspecified atom stereocenters. The largest absolute Gasteiger partial charge is 0.487 e. The van der Waals surface area contributed by atoms with Crippen molar-refractivity contribution in [1.82, 2.24) is 9.47 Å². The number of hydrogen-bond acceptors (Lipinski definition) is 7. The van der Waals surface area contributed by atoms with Crippen molar-refractivity contribution in [3.8, 4) is 5.75 Å². The van der Waals surface area contributed by atoms with Crippen molar-refractivity contribution in [3.63, 3.8) is 0 Å². The third-order valence-corrected chi connectivity index (χ3v) is 6.77. The van der Waals surface area contributed by atoms with E-state index < -0.39 is 23.1 Å². The first-order chi connectivity index (χ1) is 17.3.